The Bertz CT molecular complexity index is 701. The number of fused-ring (bicyclic) bond motifs is 3. The minimum atomic E-state index is -1.07. The molecule has 0 amide bonds. The topological polar surface area (TPSA) is 59.2 Å². The van der Waals surface area contributed by atoms with Gasteiger partial charge < -0.3 is 19.8 Å². The molecule has 4 nitrogen and oxygen atoms in total. The van der Waals surface area contributed by atoms with Gasteiger partial charge in [-0.2, -0.15) is 0 Å². The zero-order valence-electron chi connectivity index (χ0n) is 11.9. The fourth-order valence-corrected chi connectivity index (χ4v) is 3.35. The molecule has 0 spiro atoms. The fraction of sp³-hybridized carbons (Fsp3) is 0.286. The van der Waals surface area contributed by atoms with Crippen molar-refractivity contribution in [3.63, 3.8) is 0 Å². The first kappa shape index (κ1) is 16.8. The number of H-pyrrole nitrogens is 1. The number of thiocarbonyl (C=S) groups is 1. The summed E-state index contributed by atoms with van der Waals surface area (Å²) in [5, 5.41) is 12.5. The molecule has 0 bridgehead atoms. The van der Waals surface area contributed by atoms with Crippen LogP contribution in [0.2, 0.25) is 0 Å². The minimum absolute atomic E-state index is 0. The Labute approximate surface area is 154 Å². The molecule has 0 saturated heterocycles. The zero-order valence-corrected chi connectivity index (χ0v) is 15.5. The predicted molar refractivity (Wildman–Crippen MR) is 82.5 cm³/mol. The molecule has 1 N–H and O–H groups in total. The molecule has 1 aromatic heterocycles. The number of aromatic amines is 1. The first-order chi connectivity index (χ1) is 9.61. The first-order valence-corrected chi connectivity index (χ1v) is 7.89. The molecule has 1 atom stereocenters. The monoisotopic (exact) mass is 328 g/mol. The molecule has 1 aliphatic rings. The second kappa shape index (κ2) is 6.71. The molecule has 0 saturated carbocycles. The van der Waals surface area contributed by atoms with Crippen LogP contribution >= 0.6 is 24.0 Å². The van der Waals surface area contributed by atoms with Gasteiger partial charge in [0.1, 0.15) is 4.32 Å². The van der Waals surface area contributed by atoms with Gasteiger partial charge in [-0.1, -0.05) is 30.4 Å². The molecule has 0 fully saturated rings. The molecule has 2 aromatic rings. The van der Waals surface area contributed by atoms with E-state index in [2.05, 4.69) is 4.98 Å². The molecular formula is C14H13N2NaO2S2. The summed E-state index contributed by atoms with van der Waals surface area (Å²) >= 11 is 6.65. The van der Waals surface area contributed by atoms with E-state index in [4.69, 9.17) is 12.2 Å². The van der Waals surface area contributed by atoms with E-state index in [1.54, 1.807) is 4.90 Å². The van der Waals surface area contributed by atoms with Gasteiger partial charge in [0.15, 0.2) is 0 Å². The fourth-order valence-electron chi connectivity index (χ4n) is 2.73. The van der Waals surface area contributed by atoms with Crippen molar-refractivity contribution in [1.82, 2.24) is 9.88 Å². The molecular weight excluding hydrogens is 315 g/mol. The number of thioether (sulfide) groups is 1. The van der Waals surface area contributed by atoms with Crippen molar-refractivity contribution >= 4 is 45.2 Å². The van der Waals surface area contributed by atoms with Crippen LogP contribution in [0.25, 0.3) is 10.9 Å². The first-order valence-electron chi connectivity index (χ1n) is 6.25. The summed E-state index contributed by atoms with van der Waals surface area (Å²) in [6.45, 7) is 0.488. The minimum Gasteiger partial charge on any atom is -0.548 e. The van der Waals surface area contributed by atoms with Crippen LogP contribution in [0.5, 0.6) is 0 Å². The summed E-state index contributed by atoms with van der Waals surface area (Å²) < 4.78 is 0.587. The number of benzene rings is 1. The van der Waals surface area contributed by atoms with Gasteiger partial charge in [0, 0.05) is 23.0 Å². The van der Waals surface area contributed by atoms with E-state index in [1.807, 2.05) is 30.5 Å². The van der Waals surface area contributed by atoms with E-state index < -0.39 is 12.0 Å². The van der Waals surface area contributed by atoms with Crippen molar-refractivity contribution < 1.29 is 39.5 Å². The number of carbonyl (C=O) groups excluding carboxylic acids is 1. The molecule has 1 aliphatic heterocycles. The van der Waals surface area contributed by atoms with Crippen LogP contribution in [-0.2, 0) is 17.8 Å². The summed E-state index contributed by atoms with van der Waals surface area (Å²) in [4.78, 5) is 16.5. The number of hydrogen-bond donors (Lipinski definition) is 1. The number of carbonyl (C=O) groups is 1. The van der Waals surface area contributed by atoms with Gasteiger partial charge in [-0.3, -0.25) is 0 Å². The molecule has 0 aliphatic carbocycles. The van der Waals surface area contributed by atoms with Crippen molar-refractivity contribution in [2.24, 2.45) is 0 Å². The number of aromatic nitrogens is 1. The van der Waals surface area contributed by atoms with E-state index in [-0.39, 0.29) is 29.6 Å². The average molecular weight is 328 g/mol. The van der Waals surface area contributed by atoms with Crippen LogP contribution in [0.3, 0.4) is 0 Å². The van der Waals surface area contributed by atoms with E-state index in [0.29, 0.717) is 17.3 Å². The van der Waals surface area contributed by atoms with Crippen LogP contribution in [0.1, 0.15) is 11.3 Å². The van der Waals surface area contributed by atoms with Crippen molar-refractivity contribution in [1.29, 1.82) is 0 Å². The average Bonchev–Trinajstić information content (AvgIpc) is 2.82. The summed E-state index contributed by atoms with van der Waals surface area (Å²) in [5.41, 5.74) is 3.14. The third-order valence-electron chi connectivity index (χ3n) is 3.69. The number of nitrogens with one attached hydrogen (secondary N) is 1. The Morgan fingerprint density at radius 3 is 2.86 bits per heavy atom. The normalized spacial score (nSPS) is 17.2. The Hall–Kier alpha value is -0.530. The van der Waals surface area contributed by atoms with Crippen LogP contribution in [0.4, 0.5) is 0 Å². The Kier molecular flexibility index (Phi) is 5.38. The van der Waals surface area contributed by atoms with E-state index >= 15 is 0 Å². The van der Waals surface area contributed by atoms with Crippen LogP contribution < -0.4 is 34.7 Å². The van der Waals surface area contributed by atoms with Crippen LogP contribution in [0.15, 0.2) is 24.3 Å². The second-order valence-corrected chi connectivity index (χ2v) is 6.20. The molecule has 2 heterocycles. The van der Waals surface area contributed by atoms with Gasteiger partial charge in [0.25, 0.3) is 0 Å². The van der Waals surface area contributed by atoms with E-state index in [1.165, 1.54) is 11.8 Å². The Morgan fingerprint density at radius 2 is 2.19 bits per heavy atom. The number of aliphatic carboxylic acids is 1. The molecule has 3 rings (SSSR count). The zero-order chi connectivity index (χ0) is 14.3. The summed E-state index contributed by atoms with van der Waals surface area (Å²) in [6.07, 6.45) is 2.28. The molecule has 104 valence electrons. The van der Waals surface area contributed by atoms with E-state index in [9.17, 15) is 9.90 Å². The number of rotatable bonds is 1. The predicted octanol–water partition coefficient (Wildman–Crippen LogP) is -1.70. The van der Waals surface area contributed by atoms with Gasteiger partial charge >= 0.3 is 29.6 Å². The smallest absolute Gasteiger partial charge is 0.548 e. The summed E-state index contributed by atoms with van der Waals surface area (Å²) in [5.74, 6) is -1.07. The van der Waals surface area contributed by atoms with Crippen molar-refractivity contribution in [3.05, 3.63) is 35.5 Å². The Morgan fingerprint density at radius 1 is 1.48 bits per heavy atom. The molecule has 1 unspecified atom stereocenters. The third kappa shape index (κ3) is 3.00. The number of carboxylic acid groups (broad SMARTS) is 1. The molecule has 7 heteroatoms. The van der Waals surface area contributed by atoms with Crippen molar-refractivity contribution in [2.45, 2.75) is 19.0 Å². The second-order valence-electron chi connectivity index (χ2n) is 4.76. The molecule has 0 radical (unpaired) electrons. The standard InChI is InChI=1S/C14H14N2O2S2.Na/c1-20-14(19)16-7-11-9(6-12(16)13(17)18)8-4-2-3-5-10(8)15-11;/h2-5,12,15H,6-7H2,1H3,(H,17,18);/q;+1/p-1. The third-order valence-corrected chi connectivity index (χ3v) is 5.00. The number of nitrogens with zero attached hydrogens (tertiary/aromatic N) is 1. The SMILES string of the molecule is CSC(=S)N1Cc2[nH]c3ccccc3c2CC1C(=O)[O-].[Na+]. The number of carboxylic acids is 1. The largest absolute Gasteiger partial charge is 1.00 e. The van der Waals surface area contributed by atoms with Crippen LogP contribution in [0, 0.1) is 0 Å². The van der Waals surface area contributed by atoms with Gasteiger partial charge in [-0.15, -0.1) is 11.8 Å². The Balaban J connectivity index is 0.00000161. The van der Waals surface area contributed by atoms with Gasteiger partial charge in [0.2, 0.25) is 0 Å². The molecule has 21 heavy (non-hydrogen) atoms. The quantitative estimate of drug-likeness (QED) is 0.499. The number of hydrogen-bond acceptors (Lipinski definition) is 4. The van der Waals surface area contributed by atoms with Gasteiger partial charge in [-0.25, -0.2) is 0 Å². The van der Waals surface area contributed by atoms with E-state index in [0.717, 1.165) is 22.2 Å². The van der Waals surface area contributed by atoms with Gasteiger partial charge in [0.05, 0.1) is 18.6 Å². The maximum absolute atomic E-state index is 11.4. The van der Waals surface area contributed by atoms with Gasteiger partial charge in [-0.05, 0) is 17.9 Å². The maximum atomic E-state index is 11.4. The molecule has 1 aromatic carbocycles. The van der Waals surface area contributed by atoms with Crippen molar-refractivity contribution in [3.8, 4) is 0 Å². The van der Waals surface area contributed by atoms with Crippen LogP contribution in [-0.4, -0.2) is 32.5 Å². The summed E-state index contributed by atoms with van der Waals surface area (Å²) in [7, 11) is 0. The summed E-state index contributed by atoms with van der Waals surface area (Å²) in [6, 6.07) is 7.24. The van der Waals surface area contributed by atoms with Crippen molar-refractivity contribution in [2.75, 3.05) is 6.26 Å². The maximum Gasteiger partial charge on any atom is 1.00 e. The number of para-hydroxylation sites is 1.